The van der Waals surface area contributed by atoms with Gasteiger partial charge in [0.25, 0.3) is 0 Å². The first-order chi connectivity index (χ1) is 4.16. The first-order valence-corrected chi connectivity index (χ1v) is 2.64. The molecule has 0 aromatic rings. The van der Waals surface area contributed by atoms with E-state index in [9.17, 15) is 8.78 Å². The lowest BCUT2D eigenvalue weighted by atomic mass is 10.7. The predicted molar refractivity (Wildman–Crippen MR) is 28.2 cm³/mol. The molecule has 56 valence electrons. The summed E-state index contributed by atoms with van der Waals surface area (Å²) in [6.45, 7) is 1.68. The second-order valence-electron chi connectivity index (χ2n) is 1.52. The summed E-state index contributed by atoms with van der Waals surface area (Å²) in [4.78, 5) is 0. The summed E-state index contributed by atoms with van der Waals surface area (Å²) in [5.41, 5.74) is 0. The number of halogens is 2. The monoisotopic (exact) mass is 140 g/mol. The molecule has 0 aromatic heterocycles. The lowest BCUT2D eigenvalue weighted by Crippen LogP contribution is -2.16. The molecule has 0 aliphatic rings. The maximum atomic E-state index is 11.9. The van der Waals surface area contributed by atoms with E-state index in [-0.39, 0.29) is 0 Å². The number of rotatable bonds is 4. The standard InChI is InChI=1S/C5H10F2O2/c1-4(7)9-5(2)8-3-6/h4-5H,3H2,1-2H3. The smallest absolute Gasteiger partial charge is 0.198 e. The third-order valence-electron chi connectivity index (χ3n) is 0.677. The van der Waals surface area contributed by atoms with Crippen LogP contribution in [0.3, 0.4) is 0 Å². The average Bonchev–Trinajstić information content (AvgIpc) is 1.63. The van der Waals surface area contributed by atoms with Gasteiger partial charge in [-0.2, -0.15) is 0 Å². The van der Waals surface area contributed by atoms with E-state index in [0.29, 0.717) is 0 Å². The highest BCUT2D eigenvalue weighted by Gasteiger charge is 2.05. The van der Waals surface area contributed by atoms with Crippen LogP contribution in [0.1, 0.15) is 13.8 Å². The summed E-state index contributed by atoms with van der Waals surface area (Å²) in [6.07, 6.45) is -2.22. The van der Waals surface area contributed by atoms with Gasteiger partial charge >= 0.3 is 0 Å². The van der Waals surface area contributed by atoms with Crippen LogP contribution >= 0.6 is 0 Å². The van der Waals surface area contributed by atoms with Crippen molar-refractivity contribution in [3.8, 4) is 0 Å². The molecule has 0 amide bonds. The van der Waals surface area contributed by atoms with Crippen LogP contribution < -0.4 is 0 Å². The van der Waals surface area contributed by atoms with Gasteiger partial charge in [-0.05, 0) is 13.8 Å². The maximum absolute atomic E-state index is 11.9. The van der Waals surface area contributed by atoms with Crippen LogP contribution in [0, 0.1) is 0 Å². The molecule has 9 heavy (non-hydrogen) atoms. The highest BCUT2D eigenvalue weighted by Crippen LogP contribution is 1.99. The molecular weight excluding hydrogens is 130 g/mol. The quantitative estimate of drug-likeness (QED) is 0.552. The third-order valence-corrected chi connectivity index (χ3v) is 0.677. The van der Waals surface area contributed by atoms with E-state index in [0.717, 1.165) is 0 Å². The topological polar surface area (TPSA) is 18.5 Å². The fourth-order valence-electron chi connectivity index (χ4n) is 0.392. The van der Waals surface area contributed by atoms with Crippen molar-refractivity contribution in [2.75, 3.05) is 6.86 Å². The first kappa shape index (κ1) is 8.78. The molecule has 0 bridgehead atoms. The lowest BCUT2D eigenvalue weighted by molar-refractivity contribution is -0.202. The molecule has 4 heteroatoms. The van der Waals surface area contributed by atoms with Crippen molar-refractivity contribution in [3.63, 3.8) is 0 Å². The second-order valence-corrected chi connectivity index (χ2v) is 1.52. The van der Waals surface area contributed by atoms with Crippen LogP contribution in [0.4, 0.5) is 8.78 Å². The van der Waals surface area contributed by atoms with Gasteiger partial charge in [0.15, 0.2) is 19.5 Å². The molecule has 0 fully saturated rings. The Kier molecular flexibility index (Phi) is 4.53. The number of hydrogen-bond donors (Lipinski definition) is 0. The minimum atomic E-state index is -1.41. The van der Waals surface area contributed by atoms with Crippen LogP contribution in [0.2, 0.25) is 0 Å². The Hall–Kier alpha value is -0.220. The fourth-order valence-corrected chi connectivity index (χ4v) is 0.392. The summed E-state index contributed by atoms with van der Waals surface area (Å²) in [6, 6.07) is 0. The Bertz CT molecular complexity index is 68.0. The summed E-state index contributed by atoms with van der Waals surface area (Å²) in [5.74, 6) is 0. The van der Waals surface area contributed by atoms with Gasteiger partial charge in [-0.1, -0.05) is 0 Å². The van der Waals surface area contributed by atoms with Crippen molar-refractivity contribution in [1.82, 2.24) is 0 Å². The maximum Gasteiger partial charge on any atom is 0.198 e. The van der Waals surface area contributed by atoms with Crippen molar-refractivity contribution in [3.05, 3.63) is 0 Å². The summed E-state index contributed by atoms with van der Waals surface area (Å²) in [5, 5.41) is 0. The number of ether oxygens (including phenoxy) is 2. The molecular formula is C5H10F2O2. The zero-order chi connectivity index (χ0) is 7.28. The fraction of sp³-hybridized carbons (Fsp3) is 1.00. The molecule has 0 heterocycles. The Morgan fingerprint density at radius 1 is 1.44 bits per heavy atom. The van der Waals surface area contributed by atoms with Crippen LogP contribution in [0.5, 0.6) is 0 Å². The van der Waals surface area contributed by atoms with Gasteiger partial charge in [-0.15, -0.1) is 0 Å². The highest BCUT2D eigenvalue weighted by molar-refractivity contribution is 4.29. The van der Waals surface area contributed by atoms with E-state index < -0.39 is 19.5 Å². The van der Waals surface area contributed by atoms with Crippen LogP contribution in [0.25, 0.3) is 0 Å². The molecule has 0 rings (SSSR count). The highest BCUT2D eigenvalue weighted by atomic mass is 19.1. The molecule has 0 aliphatic heterocycles. The Morgan fingerprint density at radius 2 is 2.00 bits per heavy atom. The SMILES string of the molecule is CC(F)OC(C)OCF. The summed E-state index contributed by atoms with van der Waals surface area (Å²) in [7, 11) is 0. The van der Waals surface area contributed by atoms with Gasteiger partial charge in [0.1, 0.15) is 0 Å². The Morgan fingerprint density at radius 3 is 2.33 bits per heavy atom. The zero-order valence-electron chi connectivity index (χ0n) is 5.43. The number of alkyl halides is 2. The minimum absolute atomic E-state index is 0.810. The third kappa shape index (κ3) is 5.65. The van der Waals surface area contributed by atoms with Crippen molar-refractivity contribution in [2.24, 2.45) is 0 Å². The predicted octanol–water partition coefficient (Wildman–Crippen LogP) is 1.61. The second kappa shape index (κ2) is 4.64. The summed E-state index contributed by atoms with van der Waals surface area (Å²) >= 11 is 0. The average molecular weight is 140 g/mol. The van der Waals surface area contributed by atoms with Crippen molar-refractivity contribution in [1.29, 1.82) is 0 Å². The van der Waals surface area contributed by atoms with Gasteiger partial charge in [0.05, 0.1) is 0 Å². The lowest BCUT2D eigenvalue weighted by Gasteiger charge is -2.11. The van der Waals surface area contributed by atoms with Gasteiger partial charge in [0, 0.05) is 0 Å². The summed E-state index contributed by atoms with van der Waals surface area (Å²) < 4.78 is 31.7. The van der Waals surface area contributed by atoms with Gasteiger partial charge in [0.2, 0.25) is 0 Å². The normalized spacial score (nSPS) is 17.3. The van der Waals surface area contributed by atoms with E-state index in [1.54, 1.807) is 0 Å². The Balaban J connectivity index is 3.15. The van der Waals surface area contributed by atoms with E-state index in [4.69, 9.17) is 0 Å². The van der Waals surface area contributed by atoms with E-state index in [1.807, 2.05) is 0 Å². The number of hydrogen-bond acceptors (Lipinski definition) is 2. The molecule has 2 nitrogen and oxygen atoms in total. The van der Waals surface area contributed by atoms with Crippen LogP contribution in [-0.4, -0.2) is 19.5 Å². The molecule has 2 atom stereocenters. The Labute approximate surface area is 52.8 Å². The first-order valence-electron chi connectivity index (χ1n) is 2.64. The van der Waals surface area contributed by atoms with E-state index in [2.05, 4.69) is 9.47 Å². The van der Waals surface area contributed by atoms with Gasteiger partial charge in [-0.3, -0.25) is 0 Å². The molecule has 0 aromatic carbocycles. The molecule has 0 spiro atoms. The molecule has 2 unspecified atom stereocenters. The van der Waals surface area contributed by atoms with Gasteiger partial charge < -0.3 is 9.47 Å². The van der Waals surface area contributed by atoms with E-state index in [1.165, 1.54) is 13.8 Å². The molecule has 0 saturated heterocycles. The zero-order valence-corrected chi connectivity index (χ0v) is 5.43. The van der Waals surface area contributed by atoms with Crippen molar-refractivity contribution < 1.29 is 18.3 Å². The molecule has 0 N–H and O–H groups in total. The molecule has 0 aliphatic carbocycles. The molecule has 0 saturated carbocycles. The van der Waals surface area contributed by atoms with Crippen molar-refractivity contribution >= 4 is 0 Å². The minimum Gasteiger partial charge on any atom is -0.322 e. The van der Waals surface area contributed by atoms with Gasteiger partial charge in [-0.25, -0.2) is 8.78 Å². The van der Waals surface area contributed by atoms with Crippen molar-refractivity contribution in [2.45, 2.75) is 26.5 Å². The molecule has 0 radical (unpaired) electrons. The van der Waals surface area contributed by atoms with Crippen LogP contribution in [-0.2, 0) is 9.47 Å². The van der Waals surface area contributed by atoms with Crippen LogP contribution in [0.15, 0.2) is 0 Å². The largest absolute Gasteiger partial charge is 0.322 e. The van der Waals surface area contributed by atoms with E-state index >= 15 is 0 Å².